The third-order valence-corrected chi connectivity index (χ3v) is 2.73. The van der Waals surface area contributed by atoms with E-state index in [0.29, 0.717) is 0 Å². The fourth-order valence-electron chi connectivity index (χ4n) is 1.72. The number of rotatable bonds is 8. The van der Waals surface area contributed by atoms with E-state index in [1.165, 1.54) is 5.56 Å². The molecule has 0 amide bonds. The number of guanidine groups is 1. The van der Waals surface area contributed by atoms with Crippen LogP contribution < -0.4 is 10.6 Å². The molecule has 1 rings (SSSR count). The lowest BCUT2D eigenvalue weighted by atomic mass is 10.1. The van der Waals surface area contributed by atoms with Crippen molar-refractivity contribution in [1.82, 2.24) is 10.6 Å². The van der Waals surface area contributed by atoms with Crippen LogP contribution in [0, 0.1) is 0 Å². The Kier molecular flexibility index (Phi) is 8.47. The summed E-state index contributed by atoms with van der Waals surface area (Å²) in [5.74, 6) is 0.854. The van der Waals surface area contributed by atoms with Crippen LogP contribution in [0.25, 0.3) is 0 Å². The average molecular weight is 263 g/mol. The van der Waals surface area contributed by atoms with Crippen LogP contribution in [-0.4, -0.2) is 39.3 Å². The van der Waals surface area contributed by atoms with Gasteiger partial charge in [-0.2, -0.15) is 0 Å². The standard InChI is InChI=1S/C15H25N3O/c1-3-19-13-7-11-17-15(16-2)18-12-10-14-8-5-4-6-9-14/h4-6,8-9H,3,7,10-13H2,1-2H3,(H2,16,17,18). The van der Waals surface area contributed by atoms with Crippen LogP contribution in [0.15, 0.2) is 35.3 Å². The molecule has 1 aromatic carbocycles. The first-order valence-electron chi connectivity index (χ1n) is 6.93. The van der Waals surface area contributed by atoms with E-state index in [1.54, 1.807) is 7.05 Å². The van der Waals surface area contributed by atoms with Crippen LogP contribution in [0.1, 0.15) is 18.9 Å². The Bertz CT molecular complexity index is 352. The highest BCUT2D eigenvalue weighted by atomic mass is 16.5. The van der Waals surface area contributed by atoms with Gasteiger partial charge in [-0.3, -0.25) is 4.99 Å². The number of hydrogen-bond acceptors (Lipinski definition) is 2. The zero-order chi connectivity index (χ0) is 13.8. The number of benzene rings is 1. The summed E-state index contributed by atoms with van der Waals surface area (Å²) in [6.07, 6.45) is 1.99. The highest BCUT2D eigenvalue weighted by Crippen LogP contribution is 1.97. The summed E-state index contributed by atoms with van der Waals surface area (Å²) in [4.78, 5) is 4.19. The van der Waals surface area contributed by atoms with Crippen LogP contribution in [0.4, 0.5) is 0 Å². The van der Waals surface area contributed by atoms with Gasteiger partial charge >= 0.3 is 0 Å². The molecule has 0 fully saturated rings. The molecule has 0 bridgehead atoms. The van der Waals surface area contributed by atoms with Crippen molar-refractivity contribution in [3.8, 4) is 0 Å². The fraction of sp³-hybridized carbons (Fsp3) is 0.533. The number of nitrogens with one attached hydrogen (secondary N) is 2. The van der Waals surface area contributed by atoms with Gasteiger partial charge in [0.05, 0.1) is 0 Å². The van der Waals surface area contributed by atoms with E-state index in [0.717, 1.165) is 45.1 Å². The largest absolute Gasteiger partial charge is 0.382 e. The third-order valence-electron chi connectivity index (χ3n) is 2.73. The van der Waals surface area contributed by atoms with E-state index in [9.17, 15) is 0 Å². The van der Waals surface area contributed by atoms with Crippen molar-refractivity contribution in [3.05, 3.63) is 35.9 Å². The van der Waals surface area contributed by atoms with Crippen molar-refractivity contribution in [2.24, 2.45) is 4.99 Å². The van der Waals surface area contributed by atoms with Crippen LogP contribution in [-0.2, 0) is 11.2 Å². The second kappa shape index (κ2) is 10.4. The molecule has 19 heavy (non-hydrogen) atoms. The van der Waals surface area contributed by atoms with Crippen molar-refractivity contribution in [1.29, 1.82) is 0 Å². The maximum atomic E-state index is 5.29. The predicted octanol–water partition coefficient (Wildman–Crippen LogP) is 1.82. The highest BCUT2D eigenvalue weighted by molar-refractivity contribution is 5.79. The summed E-state index contributed by atoms with van der Waals surface area (Å²) in [7, 11) is 1.79. The van der Waals surface area contributed by atoms with Gasteiger partial charge < -0.3 is 15.4 Å². The number of nitrogens with zero attached hydrogens (tertiary/aromatic N) is 1. The molecule has 0 heterocycles. The smallest absolute Gasteiger partial charge is 0.190 e. The Balaban J connectivity index is 2.12. The molecule has 0 aromatic heterocycles. The van der Waals surface area contributed by atoms with Crippen LogP contribution in [0.2, 0.25) is 0 Å². The lowest BCUT2D eigenvalue weighted by molar-refractivity contribution is 0.145. The summed E-state index contributed by atoms with van der Waals surface area (Å²) >= 11 is 0. The molecule has 4 nitrogen and oxygen atoms in total. The van der Waals surface area contributed by atoms with Crippen molar-refractivity contribution in [2.75, 3.05) is 33.4 Å². The van der Waals surface area contributed by atoms with Gasteiger partial charge in [0.2, 0.25) is 0 Å². The predicted molar refractivity (Wildman–Crippen MR) is 80.6 cm³/mol. The van der Waals surface area contributed by atoms with E-state index in [-0.39, 0.29) is 0 Å². The Morgan fingerprint density at radius 2 is 1.89 bits per heavy atom. The van der Waals surface area contributed by atoms with E-state index in [1.807, 2.05) is 13.0 Å². The minimum absolute atomic E-state index is 0.782. The molecule has 0 aliphatic heterocycles. The molecule has 0 atom stereocenters. The quantitative estimate of drug-likeness (QED) is 0.427. The molecule has 0 aliphatic rings. The molecule has 0 unspecified atom stereocenters. The monoisotopic (exact) mass is 263 g/mol. The first kappa shape index (κ1) is 15.5. The summed E-state index contributed by atoms with van der Waals surface area (Å²) in [6, 6.07) is 10.4. The Morgan fingerprint density at radius 3 is 2.58 bits per heavy atom. The van der Waals surface area contributed by atoms with Crippen molar-refractivity contribution in [3.63, 3.8) is 0 Å². The van der Waals surface area contributed by atoms with Crippen molar-refractivity contribution >= 4 is 5.96 Å². The topological polar surface area (TPSA) is 45.6 Å². The SMILES string of the molecule is CCOCCCNC(=NC)NCCc1ccccc1. The van der Waals surface area contributed by atoms with Gasteiger partial charge in [-0.1, -0.05) is 30.3 Å². The van der Waals surface area contributed by atoms with Crippen LogP contribution in [0.3, 0.4) is 0 Å². The minimum Gasteiger partial charge on any atom is -0.382 e. The van der Waals surface area contributed by atoms with Gasteiger partial charge in [0.25, 0.3) is 0 Å². The average Bonchev–Trinajstić information content (AvgIpc) is 2.46. The number of aliphatic imine (C=N–C) groups is 1. The molecule has 0 spiro atoms. The molecule has 4 heteroatoms. The van der Waals surface area contributed by atoms with Crippen molar-refractivity contribution < 1.29 is 4.74 Å². The zero-order valence-electron chi connectivity index (χ0n) is 12.0. The van der Waals surface area contributed by atoms with E-state index < -0.39 is 0 Å². The summed E-state index contributed by atoms with van der Waals surface area (Å²) < 4.78 is 5.29. The molecule has 0 saturated heterocycles. The third kappa shape index (κ3) is 7.47. The molecule has 1 aromatic rings. The highest BCUT2D eigenvalue weighted by Gasteiger charge is 1.97. The maximum absolute atomic E-state index is 5.29. The summed E-state index contributed by atoms with van der Waals surface area (Å²) in [5, 5.41) is 6.58. The van der Waals surface area contributed by atoms with Crippen LogP contribution in [0.5, 0.6) is 0 Å². The van der Waals surface area contributed by atoms with E-state index >= 15 is 0 Å². The number of hydrogen-bond donors (Lipinski definition) is 2. The second-order valence-electron chi connectivity index (χ2n) is 4.21. The van der Waals surface area contributed by atoms with Gasteiger partial charge in [0.15, 0.2) is 5.96 Å². The molecule has 0 aliphatic carbocycles. The van der Waals surface area contributed by atoms with Crippen LogP contribution >= 0.6 is 0 Å². The molecule has 2 N–H and O–H groups in total. The second-order valence-corrected chi connectivity index (χ2v) is 4.21. The van der Waals surface area contributed by atoms with E-state index in [2.05, 4.69) is 39.9 Å². The lowest BCUT2D eigenvalue weighted by Crippen LogP contribution is -2.39. The van der Waals surface area contributed by atoms with Crippen molar-refractivity contribution in [2.45, 2.75) is 19.8 Å². The molecule has 106 valence electrons. The molecule has 0 saturated carbocycles. The summed E-state index contributed by atoms with van der Waals surface area (Å²) in [6.45, 7) is 5.35. The summed E-state index contributed by atoms with van der Waals surface area (Å²) in [5.41, 5.74) is 1.33. The Morgan fingerprint density at radius 1 is 1.16 bits per heavy atom. The van der Waals surface area contributed by atoms with Gasteiger partial charge in [-0.05, 0) is 25.3 Å². The first-order valence-corrected chi connectivity index (χ1v) is 6.93. The van der Waals surface area contributed by atoms with Gasteiger partial charge in [-0.25, -0.2) is 0 Å². The fourth-order valence-corrected chi connectivity index (χ4v) is 1.72. The molecular weight excluding hydrogens is 238 g/mol. The lowest BCUT2D eigenvalue weighted by Gasteiger charge is -2.11. The van der Waals surface area contributed by atoms with Gasteiger partial charge in [0.1, 0.15) is 0 Å². The Hall–Kier alpha value is -1.55. The first-order chi connectivity index (χ1) is 9.36. The normalized spacial score (nSPS) is 11.4. The minimum atomic E-state index is 0.782. The van der Waals surface area contributed by atoms with Gasteiger partial charge in [0, 0.05) is 33.4 Å². The molecule has 0 radical (unpaired) electrons. The zero-order valence-corrected chi connectivity index (χ0v) is 12.0. The Labute approximate surface area is 116 Å². The van der Waals surface area contributed by atoms with E-state index in [4.69, 9.17) is 4.74 Å². The number of ether oxygens (including phenoxy) is 1. The molecular formula is C15H25N3O. The maximum Gasteiger partial charge on any atom is 0.190 e. The van der Waals surface area contributed by atoms with Gasteiger partial charge in [-0.15, -0.1) is 0 Å².